The Labute approximate surface area is 96.0 Å². The van der Waals surface area contributed by atoms with Crippen LogP contribution in [0.25, 0.3) is 0 Å². The van der Waals surface area contributed by atoms with Crippen molar-refractivity contribution in [1.29, 1.82) is 0 Å². The molecule has 5 nitrogen and oxygen atoms in total. The summed E-state index contributed by atoms with van der Waals surface area (Å²) in [4.78, 5) is 11.7. The normalized spacial score (nSPS) is 15.2. The van der Waals surface area contributed by atoms with Crippen LogP contribution >= 0.6 is 0 Å². The third-order valence-electron chi connectivity index (χ3n) is 2.58. The SMILES string of the molecule is CC(C)(C)[C@H](N)c1n[nH]c(=O)n1C(C)(C)C. The Kier molecular flexibility index (Phi) is 3.02. The molecule has 1 aromatic heterocycles. The van der Waals surface area contributed by atoms with Gasteiger partial charge in [0, 0.05) is 5.54 Å². The molecule has 0 amide bonds. The van der Waals surface area contributed by atoms with Gasteiger partial charge in [-0.3, -0.25) is 4.57 Å². The fourth-order valence-corrected chi connectivity index (χ4v) is 1.55. The number of nitrogens with zero attached hydrogens (tertiary/aromatic N) is 2. The molecule has 0 bridgehead atoms. The number of nitrogens with two attached hydrogens (primary N) is 1. The van der Waals surface area contributed by atoms with Gasteiger partial charge in [-0.1, -0.05) is 20.8 Å². The van der Waals surface area contributed by atoms with Crippen LogP contribution in [0.15, 0.2) is 4.79 Å². The lowest BCUT2D eigenvalue weighted by Gasteiger charge is -2.30. The summed E-state index contributed by atoms with van der Waals surface area (Å²) < 4.78 is 1.63. The molecule has 0 saturated heterocycles. The van der Waals surface area contributed by atoms with E-state index in [1.807, 2.05) is 41.5 Å². The Morgan fingerprint density at radius 1 is 1.25 bits per heavy atom. The standard InChI is InChI=1S/C11H22N4O/c1-10(2,3)7(12)8-13-14-9(16)15(8)11(4,5)6/h7H,12H2,1-6H3,(H,14,16)/t7-/m1/s1. The highest BCUT2D eigenvalue weighted by Crippen LogP contribution is 2.30. The van der Waals surface area contributed by atoms with Crippen LogP contribution in [0.5, 0.6) is 0 Å². The van der Waals surface area contributed by atoms with E-state index in [4.69, 9.17) is 5.73 Å². The molecule has 0 aromatic carbocycles. The molecule has 0 spiro atoms. The smallest absolute Gasteiger partial charge is 0.321 e. The van der Waals surface area contributed by atoms with Crippen molar-refractivity contribution in [3.05, 3.63) is 16.3 Å². The van der Waals surface area contributed by atoms with Crippen LogP contribution in [-0.4, -0.2) is 14.8 Å². The van der Waals surface area contributed by atoms with Gasteiger partial charge in [0.15, 0.2) is 5.82 Å². The third-order valence-corrected chi connectivity index (χ3v) is 2.58. The highest BCUT2D eigenvalue weighted by molar-refractivity contribution is 5.02. The molecule has 1 rings (SSSR count). The number of hydrogen-bond donors (Lipinski definition) is 2. The molecule has 0 aliphatic heterocycles. The molecule has 3 N–H and O–H groups in total. The van der Waals surface area contributed by atoms with Crippen LogP contribution in [0, 0.1) is 5.41 Å². The van der Waals surface area contributed by atoms with E-state index in [1.165, 1.54) is 0 Å². The second kappa shape index (κ2) is 3.73. The lowest BCUT2D eigenvalue weighted by atomic mass is 9.86. The molecule has 1 aromatic rings. The van der Waals surface area contributed by atoms with Crippen LogP contribution in [0.4, 0.5) is 0 Å². The molecule has 0 aliphatic carbocycles. The first-order valence-electron chi connectivity index (χ1n) is 5.48. The number of hydrogen-bond acceptors (Lipinski definition) is 3. The van der Waals surface area contributed by atoms with E-state index in [1.54, 1.807) is 4.57 Å². The average Bonchev–Trinajstić information content (AvgIpc) is 2.42. The highest BCUT2D eigenvalue weighted by Gasteiger charge is 2.31. The van der Waals surface area contributed by atoms with E-state index in [0.29, 0.717) is 5.82 Å². The summed E-state index contributed by atoms with van der Waals surface area (Å²) in [6, 6.07) is -0.273. The van der Waals surface area contributed by atoms with E-state index in [-0.39, 0.29) is 22.7 Å². The minimum Gasteiger partial charge on any atom is -0.321 e. The highest BCUT2D eigenvalue weighted by atomic mass is 16.1. The molecule has 92 valence electrons. The van der Waals surface area contributed by atoms with Crippen LogP contribution in [0.2, 0.25) is 0 Å². The summed E-state index contributed by atoms with van der Waals surface area (Å²) in [5, 5.41) is 6.52. The zero-order valence-corrected chi connectivity index (χ0v) is 11.0. The van der Waals surface area contributed by atoms with Crippen molar-refractivity contribution >= 4 is 0 Å². The van der Waals surface area contributed by atoms with Crippen LogP contribution in [-0.2, 0) is 5.54 Å². The van der Waals surface area contributed by atoms with Gasteiger partial charge < -0.3 is 5.73 Å². The molecule has 5 heteroatoms. The van der Waals surface area contributed by atoms with Gasteiger partial charge in [0.2, 0.25) is 0 Å². The van der Waals surface area contributed by atoms with E-state index in [9.17, 15) is 4.79 Å². The van der Waals surface area contributed by atoms with Gasteiger partial charge in [-0.15, -0.1) is 0 Å². The van der Waals surface area contributed by atoms with Crippen molar-refractivity contribution in [3.8, 4) is 0 Å². The lowest BCUT2D eigenvalue weighted by Crippen LogP contribution is -2.38. The van der Waals surface area contributed by atoms with Gasteiger partial charge in [-0.05, 0) is 26.2 Å². The Bertz CT molecular complexity index is 416. The topological polar surface area (TPSA) is 76.7 Å². The molecule has 1 atom stereocenters. The second-order valence-corrected chi connectivity index (χ2v) is 6.24. The molecule has 0 saturated carbocycles. The maximum atomic E-state index is 11.7. The fraction of sp³-hybridized carbons (Fsp3) is 0.818. The molecular weight excluding hydrogens is 204 g/mol. The predicted molar refractivity (Wildman–Crippen MR) is 64.2 cm³/mol. The minimum atomic E-state index is -0.317. The molecule has 0 fully saturated rings. The molecule has 16 heavy (non-hydrogen) atoms. The summed E-state index contributed by atoms with van der Waals surface area (Å²) in [6.07, 6.45) is 0. The lowest BCUT2D eigenvalue weighted by molar-refractivity contribution is 0.281. The molecular formula is C11H22N4O. The Hall–Kier alpha value is -1.10. The summed E-state index contributed by atoms with van der Waals surface area (Å²) in [5.41, 5.74) is 5.49. The zero-order chi connectivity index (χ0) is 12.7. The molecule has 0 radical (unpaired) electrons. The molecule has 0 aliphatic rings. The number of aromatic nitrogens is 3. The van der Waals surface area contributed by atoms with Gasteiger partial charge in [0.25, 0.3) is 0 Å². The largest absolute Gasteiger partial charge is 0.343 e. The van der Waals surface area contributed by atoms with Crippen molar-refractivity contribution in [2.24, 2.45) is 11.1 Å². The predicted octanol–water partition coefficient (Wildman–Crippen LogP) is 1.37. The maximum Gasteiger partial charge on any atom is 0.343 e. The van der Waals surface area contributed by atoms with Gasteiger partial charge in [0.1, 0.15) is 0 Å². The van der Waals surface area contributed by atoms with Crippen molar-refractivity contribution in [3.63, 3.8) is 0 Å². The minimum absolute atomic E-state index is 0.130. The number of nitrogens with one attached hydrogen (secondary N) is 1. The summed E-state index contributed by atoms with van der Waals surface area (Å²) in [7, 11) is 0. The number of rotatable bonds is 1. The summed E-state index contributed by atoms with van der Waals surface area (Å²) in [5.74, 6) is 0.616. The van der Waals surface area contributed by atoms with Crippen molar-refractivity contribution < 1.29 is 0 Å². The van der Waals surface area contributed by atoms with E-state index < -0.39 is 0 Å². The van der Waals surface area contributed by atoms with Crippen LogP contribution in [0.1, 0.15) is 53.4 Å². The molecule has 0 unspecified atom stereocenters. The zero-order valence-electron chi connectivity index (χ0n) is 11.0. The van der Waals surface area contributed by atoms with Crippen molar-refractivity contribution in [2.75, 3.05) is 0 Å². The first kappa shape index (κ1) is 13.0. The molecule has 1 heterocycles. The average molecular weight is 226 g/mol. The van der Waals surface area contributed by atoms with Gasteiger partial charge in [-0.25, -0.2) is 9.89 Å². The fourth-order valence-electron chi connectivity index (χ4n) is 1.55. The summed E-state index contributed by atoms with van der Waals surface area (Å²) in [6.45, 7) is 12.0. The Morgan fingerprint density at radius 2 is 1.75 bits per heavy atom. The first-order valence-corrected chi connectivity index (χ1v) is 5.48. The van der Waals surface area contributed by atoms with E-state index in [2.05, 4.69) is 10.2 Å². The van der Waals surface area contributed by atoms with Gasteiger partial charge in [0.05, 0.1) is 6.04 Å². The Balaban J connectivity index is 3.32. The van der Waals surface area contributed by atoms with Crippen molar-refractivity contribution in [2.45, 2.75) is 53.1 Å². The monoisotopic (exact) mass is 226 g/mol. The van der Waals surface area contributed by atoms with Crippen molar-refractivity contribution in [1.82, 2.24) is 14.8 Å². The van der Waals surface area contributed by atoms with Gasteiger partial charge in [-0.2, -0.15) is 5.10 Å². The number of aromatic amines is 1. The van der Waals surface area contributed by atoms with Crippen LogP contribution < -0.4 is 11.4 Å². The first-order chi connectivity index (χ1) is 7.05. The van der Waals surface area contributed by atoms with Crippen LogP contribution in [0.3, 0.4) is 0 Å². The second-order valence-electron chi connectivity index (χ2n) is 6.24. The van der Waals surface area contributed by atoms with E-state index in [0.717, 1.165) is 0 Å². The third kappa shape index (κ3) is 2.35. The quantitative estimate of drug-likeness (QED) is 0.759. The van der Waals surface area contributed by atoms with Gasteiger partial charge >= 0.3 is 5.69 Å². The maximum absolute atomic E-state index is 11.7. The Morgan fingerprint density at radius 3 is 2.12 bits per heavy atom. The van der Waals surface area contributed by atoms with E-state index >= 15 is 0 Å². The number of H-pyrrole nitrogens is 1. The summed E-state index contributed by atoms with van der Waals surface area (Å²) >= 11 is 0.